The summed E-state index contributed by atoms with van der Waals surface area (Å²) in [6.45, 7) is 12.6. The lowest BCUT2D eigenvalue weighted by molar-refractivity contribution is -0.0742. The fourth-order valence-electron chi connectivity index (χ4n) is 5.89. The van der Waals surface area contributed by atoms with Gasteiger partial charge in [-0.2, -0.15) is 0 Å². The van der Waals surface area contributed by atoms with E-state index in [1.807, 2.05) is 93.6 Å². The lowest BCUT2D eigenvalue weighted by Gasteiger charge is -2.30. The van der Waals surface area contributed by atoms with Gasteiger partial charge in [-0.05, 0) is 114 Å². The van der Waals surface area contributed by atoms with Gasteiger partial charge in [0.15, 0.2) is 0 Å². The molecule has 8 nitrogen and oxygen atoms in total. The van der Waals surface area contributed by atoms with Crippen LogP contribution in [0, 0.1) is 0 Å². The van der Waals surface area contributed by atoms with Crippen LogP contribution in [0.4, 0.5) is 0 Å². The summed E-state index contributed by atoms with van der Waals surface area (Å²) in [5.74, 6) is 1.43. The van der Waals surface area contributed by atoms with E-state index in [-0.39, 0.29) is 22.1 Å². The summed E-state index contributed by atoms with van der Waals surface area (Å²) in [7, 11) is -2.25. The molecule has 0 aliphatic heterocycles. The first kappa shape index (κ1) is 40.0. The van der Waals surface area contributed by atoms with Crippen molar-refractivity contribution in [1.82, 2.24) is 10.0 Å². The normalized spacial score (nSPS) is 13.5. The van der Waals surface area contributed by atoms with Gasteiger partial charge in [-0.15, -0.1) is 0 Å². The van der Waals surface area contributed by atoms with Gasteiger partial charge in [-0.1, -0.05) is 72.8 Å². The van der Waals surface area contributed by atoms with E-state index in [0.29, 0.717) is 38.5 Å². The van der Waals surface area contributed by atoms with Crippen molar-refractivity contribution in [2.24, 2.45) is 0 Å². The fraction of sp³-hybridized carbons (Fsp3) is 0.429. The predicted octanol–water partition coefficient (Wildman–Crippen LogP) is 8.45. The Morgan fingerprint density at radius 3 is 1.80 bits per heavy atom. The van der Waals surface area contributed by atoms with Crippen molar-refractivity contribution in [1.29, 1.82) is 0 Å². The van der Waals surface area contributed by atoms with Gasteiger partial charge in [0.2, 0.25) is 10.0 Å². The second kappa shape index (κ2) is 19.2. The number of rotatable bonds is 22. The van der Waals surface area contributed by atoms with Crippen LogP contribution in [0.1, 0.15) is 82.7 Å². The van der Waals surface area contributed by atoms with Gasteiger partial charge >= 0.3 is 0 Å². The van der Waals surface area contributed by atoms with E-state index >= 15 is 0 Å². The molecule has 0 saturated carbocycles. The lowest BCUT2D eigenvalue weighted by Crippen LogP contribution is -2.39. The molecule has 2 unspecified atom stereocenters. The second-order valence-corrected chi connectivity index (χ2v) is 15.6. The molecule has 0 aromatic heterocycles. The van der Waals surface area contributed by atoms with Crippen molar-refractivity contribution in [3.05, 3.63) is 126 Å². The third-order valence-electron chi connectivity index (χ3n) is 8.94. The first-order valence-corrected chi connectivity index (χ1v) is 19.4. The Labute approximate surface area is 305 Å². The van der Waals surface area contributed by atoms with Crippen molar-refractivity contribution in [3.63, 3.8) is 0 Å². The van der Waals surface area contributed by atoms with Crippen LogP contribution in [0.2, 0.25) is 0 Å². The number of sulfonamides is 1. The third-order valence-corrected chi connectivity index (χ3v) is 10.4. The summed E-state index contributed by atoms with van der Waals surface area (Å²) in [6, 6.07) is 33.5. The highest BCUT2D eigenvalue weighted by molar-refractivity contribution is 7.89. The molecule has 276 valence electrons. The summed E-state index contributed by atoms with van der Waals surface area (Å²) >= 11 is 0. The van der Waals surface area contributed by atoms with Gasteiger partial charge in [0.25, 0.3) is 0 Å². The lowest BCUT2D eigenvalue weighted by atomic mass is 9.94. The van der Waals surface area contributed by atoms with Gasteiger partial charge < -0.3 is 24.3 Å². The maximum Gasteiger partial charge on any atom is 0.241 e. The van der Waals surface area contributed by atoms with Crippen LogP contribution in [0.25, 0.3) is 0 Å². The maximum absolute atomic E-state index is 14.0. The molecule has 2 atom stereocenters. The van der Waals surface area contributed by atoms with E-state index < -0.39 is 16.1 Å². The molecule has 0 bridgehead atoms. The van der Waals surface area contributed by atoms with Crippen LogP contribution in [0.3, 0.4) is 0 Å². The molecule has 0 radical (unpaired) electrons. The number of nitrogens with one attached hydrogen (secondary N) is 2. The molecule has 0 aliphatic carbocycles. The molecule has 0 aliphatic rings. The first-order valence-electron chi connectivity index (χ1n) is 17.9. The van der Waals surface area contributed by atoms with Crippen LogP contribution in [0.5, 0.6) is 11.5 Å². The SMILES string of the molecule is CCOC(C)(C)CCOC(C)(C)CCOc1ccc(S(=O)(=O)NC(c2ccccc2)C(NCCCc2ccc(OC)cc2)c2ccccc2)cc1. The van der Waals surface area contributed by atoms with Gasteiger partial charge in [0.05, 0.1) is 48.5 Å². The monoisotopic (exact) mass is 716 g/mol. The summed E-state index contributed by atoms with van der Waals surface area (Å²) in [6.07, 6.45) is 3.23. The minimum absolute atomic E-state index is 0.169. The van der Waals surface area contributed by atoms with Gasteiger partial charge in [0.1, 0.15) is 11.5 Å². The van der Waals surface area contributed by atoms with E-state index in [2.05, 4.69) is 36.0 Å². The molecule has 4 aromatic carbocycles. The standard InChI is InChI=1S/C42H56N2O6S/c1-7-49-41(2,3)29-32-50-42(4,5)28-31-48-37-24-26-38(27-25-37)51(45,46)44-40(35-18-12-9-13-19-35)39(34-16-10-8-11-17-34)43-30-14-15-33-20-22-36(47-6)23-21-33/h8-13,16-27,39-40,43-44H,7,14-15,28-32H2,1-6H3. The Hall–Kier alpha value is -3.73. The smallest absolute Gasteiger partial charge is 0.241 e. The Morgan fingerprint density at radius 1 is 0.667 bits per heavy atom. The number of aryl methyl sites for hydroxylation is 1. The van der Waals surface area contributed by atoms with Crippen molar-refractivity contribution in [3.8, 4) is 11.5 Å². The molecule has 4 aromatic rings. The van der Waals surface area contributed by atoms with Crippen molar-refractivity contribution in [2.45, 2.75) is 88.5 Å². The van der Waals surface area contributed by atoms with E-state index in [4.69, 9.17) is 18.9 Å². The molecule has 0 fully saturated rings. The second-order valence-electron chi connectivity index (χ2n) is 13.9. The van der Waals surface area contributed by atoms with Crippen molar-refractivity contribution < 1.29 is 27.4 Å². The topological polar surface area (TPSA) is 95.1 Å². The van der Waals surface area contributed by atoms with Gasteiger partial charge in [-0.3, -0.25) is 0 Å². The van der Waals surface area contributed by atoms with E-state index in [1.54, 1.807) is 31.4 Å². The molecule has 0 amide bonds. The molecular formula is C42H56N2O6S. The quantitative estimate of drug-likeness (QED) is 0.0789. The molecule has 9 heteroatoms. The fourth-order valence-corrected chi connectivity index (χ4v) is 7.13. The average Bonchev–Trinajstić information content (AvgIpc) is 3.12. The first-order chi connectivity index (χ1) is 24.4. The molecule has 0 heterocycles. The number of ether oxygens (including phenoxy) is 4. The molecular weight excluding hydrogens is 661 g/mol. The molecule has 0 spiro atoms. The zero-order chi connectivity index (χ0) is 36.7. The maximum atomic E-state index is 14.0. The van der Waals surface area contributed by atoms with Gasteiger partial charge in [0, 0.05) is 13.0 Å². The van der Waals surface area contributed by atoms with Crippen LogP contribution >= 0.6 is 0 Å². The molecule has 51 heavy (non-hydrogen) atoms. The van der Waals surface area contributed by atoms with Gasteiger partial charge in [-0.25, -0.2) is 13.1 Å². The average molecular weight is 717 g/mol. The Kier molecular flexibility index (Phi) is 15.1. The number of hydrogen-bond acceptors (Lipinski definition) is 7. The van der Waals surface area contributed by atoms with Crippen LogP contribution < -0.4 is 19.5 Å². The zero-order valence-electron chi connectivity index (χ0n) is 31.1. The minimum atomic E-state index is -3.92. The Morgan fingerprint density at radius 2 is 1.22 bits per heavy atom. The van der Waals surface area contributed by atoms with E-state index in [1.165, 1.54) is 5.56 Å². The Bertz CT molecular complexity index is 1680. The van der Waals surface area contributed by atoms with Crippen LogP contribution in [-0.2, 0) is 25.9 Å². The van der Waals surface area contributed by atoms with E-state index in [9.17, 15) is 8.42 Å². The number of methoxy groups -OCH3 is 1. The highest BCUT2D eigenvalue weighted by Gasteiger charge is 2.30. The highest BCUT2D eigenvalue weighted by atomic mass is 32.2. The molecule has 2 N–H and O–H groups in total. The summed E-state index contributed by atoms with van der Waals surface area (Å²) in [5.41, 5.74) is 2.48. The largest absolute Gasteiger partial charge is 0.497 e. The Balaban J connectivity index is 1.42. The molecule has 0 saturated heterocycles. The summed E-state index contributed by atoms with van der Waals surface area (Å²) in [5, 5.41) is 3.68. The summed E-state index contributed by atoms with van der Waals surface area (Å²) in [4.78, 5) is 0.169. The molecule has 4 rings (SSSR count). The minimum Gasteiger partial charge on any atom is -0.497 e. The zero-order valence-corrected chi connectivity index (χ0v) is 31.9. The number of hydrogen-bond donors (Lipinski definition) is 2. The van der Waals surface area contributed by atoms with E-state index in [0.717, 1.165) is 36.1 Å². The van der Waals surface area contributed by atoms with Crippen molar-refractivity contribution >= 4 is 10.0 Å². The van der Waals surface area contributed by atoms with Crippen molar-refractivity contribution in [2.75, 3.05) is 33.5 Å². The highest BCUT2D eigenvalue weighted by Crippen LogP contribution is 2.31. The third kappa shape index (κ3) is 13.1. The van der Waals surface area contributed by atoms with Crippen LogP contribution in [0.15, 0.2) is 114 Å². The predicted molar refractivity (Wildman–Crippen MR) is 205 cm³/mol. The van der Waals surface area contributed by atoms with Crippen LogP contribution in [-0.4, -0.2) is 53.1 Å². The summed E-state index contributed by atoms with van der Waals surface area (Å²) < 4.78 is 54.2. The number of benzene rings is 4.